The van der Waals surface area contributed by atoms with Crippen molar-refractivity contribution >= 4 is 0 Å². The van der Waals surface area contributed by atoms with Gasteiger partial charge in [-0.25, -0.2) is 0 Å². The molecule has 0 bridgehead atoms. The first-order chi connectivity index (χ1) is 10.9. The molecule has 4 rings (SSSR count). The van der Waals surface area contributed by atoms with Gasteiger partial charge in [0, 0.05) is 12.1 Å². The van der Waals surface area contributed by atoms with E-state index in [1.807, 2.05) is 30.3 Å². The topological polar surface area (TPSA) is 42.2 Å². The molecule has 1 aromatic heterocycles. The summed E-state index contributed by atoms with van der Waals surface area (Å²) in [5.41, 5.74) is 1.02. The second-order valence-electron chi connectivity index (χ2n) is 6.71. The highest BCUT2D eigenvalue weighted by Gasteiger charge is 2.31. The van der Waals surface area contributed by atoms with E-state index in [1.54, 1.807) is 0 Å². The Hall–Kier alpha value is -1.68. The molecule has 0 spiro atoms. The molecular formula is C18H23N3O. The van der Waals surface area contributed by atoms with Crippen LogP contribution in [0, 0.1) is 11.8 Å². The van der Waals surface area contributed by atoms with E-state index in [0.717, 1.165) is 29.8 Å². The first-order valence-electron chi connectivity index (χ1n) is 8.49. The Labute approximate surface area is 131 Å². The van der Waals surface area contributed by atoms with Gasteiger partial charge in [-0.1, -0.05) is 54.8 Å². The van der Waals surface area contributed by atoms with Crippen LogP contribution in [-0.4, -0.2) is 28.1 Å². The first-order valence-corrected chi connectivity index (χ1v) is 8.49. The maximum atomic E-state index is 5.46. The fraction of sp³-hybridized carbons (Fsp3) is 0.556. The molecule has 116 valence electrons. The average Bonchev–Trinajstić information content (AvgIpc) is 3.04. The molecule has 1 saturated carbocycles. The van der Waals surface area contributed by atoms with Crippen LogP contribution in [0.1, 0.15) is 38.0 Å². The third-order valence-corrected chi connectivity index (χ3v) is 5.23. The second-order valence-corrected chi connectivity index (χ2v) is 6.71. The van der Waals surface area contributed by atoms with Crippen LogP contribution in [0.5, 0.6) is 0 Å². The molecular weight excluding hydrogens is 274 g/mol. The van der Waals surface area contributed by atoms with E-state index in [9.17, 15) is 0 Å². The van der Waals surface area contributed by atoms with Crippen LogP contribution >= 0.6 is 0 Å². The van der Waals surface area contributed by atoms with Gasteiger partial charge in [0.15, 0.2) is 0 Å². The number of rotatable bonds is 3. The van der Waals surface area contributed by atoms with Crippen LogP contribution in [0.25, 0.3) is 11.4 Å². The predicted molar refractivity (Wildman–Crippen MR) is 85.1 cm³/mol. The van der Waals surface area contributed by atoms with Gasteiger partial charge in [-0.2, -0.15) is 4.98 Å². The smallest absolute Gasteiger partial charge is 0.241 e. The minimum atomic E-state index is 0.697. The molecule has 22 heavy (non-hydrogen) atoms. The number of hydrogen-bond donors (Lipinski definition) is 0. The van der Waals surface area contributed by atoms with E-state index >= 15 is 0 Å². The molecule has 2 aliphatic rings. The highest BCUT2D eigenvalue weighted by molar-refractivity contribution is 5.53. The minimum absolute atomic E-state index is 0.697. The van der Waals surface area contributed by atoms with Crippen LogP contribution in [0.4, 0.5) is 0 Å². The Bertz CT molecular complexity index is 610. The molecule has 2 fully saturated rings. The molecule has 1 aliphatic carbocycles. The third kappa shape index (κ3) is 2.93. The monoisotopic (exact) mass is 297 g/mol. The first kappa shape index (κ1) is 13.9. The van der Waals surface area contributed by atoms with Crippen molar-refractivity contribution < 1.29 is 4.52 Å². The molecule has 1 aromatic carbocycles. The predicted octanol–water partition coefficient (Wildman–Crippen LogP) is 3.75. The summed E-state index contributed by atoms with van der Waals surface area (Å²) >= 11 is 0. The summed E-state index contributed by atoms with van der Waals surface area (Å²) < 4.78 is 5.46. The molecule has 1 aliphatic heterocycles. The van der Waals surface area contributed by atoms with Crippen LogP contribution in [0.15, 0.2) is 34.9 Å². The van der Waals surface area contributed by atoms with Gasteiger partial charge < -0.3 is 4.52 Å². The molecule has 4 nitrogen and oxygen atoms in total. The zero-order valence-electron chi connectivity index (χ0n) is 12.9. The number of nitrogens with zero attached hydrogens (tertiary/aromatic N) is 3. The summed E-state index contributed by atoms with van der Waals surface area (Å²) in [7, 11) is 0. The van der Waals surface area contributed by atoms with Gasteiger partial charge in [-0.05, 0) is 31.2 Å². The van der Waals surface area contributed by atoms with Gasteiger partial charge in [0.25, 0.3) is 0 Å². The SMILES string of the molecule is c1ccc(-c2noc(CN3CC[C@@H]4CCCC[C@H]4C3)n2)cc1. The van der Waals surface area contributed by atoms with Crippen molar-refractivity contribution in [2.75, 3.05) is 13.1 Å². The maximum Gasteiger partial charge on any atom is 0.241 e. The molecule has 0 radical (unpaired) electrons. The summed E-state index contributed by atoms with van der Waals surface area (Å²) in [6, 6.07) is 10.0. The fourth-order valence-electron chi connectivity index (χ4n) is 4.03. The van der Waals surface area contributed by atoms with Gasteiger partial charge in [0.05, 0.1) is 6.54 Å². The molecule has 4 heteroatoms. The van der Waals surface area contributed by atoms with E-state index in [4.69, 9.17) is 4.52 Å². The van der Waals surface area contributed by atoms with Crippen molar-refractivity contribution in [1.29, 1.82) is 0 Å². The standard InChI is InChI=1S/C18H23N3O/c1-2-7-15(8-3-1)18-19-17(22-20-18)13-21-11-10-14-6-4-5-9-16(14)12-21/h1-3,7-8,14,16H,4-6,9-13H2/t14-,16-/m0/s1. The molecule has 2 aromatic rings. The lowest BCUT2D eigenvalue weighted by Crippen LogP contribution is -2.41. The van der Waals surface area contributed by atoms with Gasteiger partial charge in [0.1, 0.15) is 0 Å². The molecule has 0 N–H and O–H groups in total. The van der Waals surface area contributed by atoms with Gasteiger partial charge >= 0.3 is 0 Å². The quantitative estimate of drug-likeness (QED) is 0.865. The van der Waals surface area contributed by atoms with Crippen molar-refractivity contribution in [3.63, 3.8) is 0 Å². The minimum Gasteiger partial charge on any atom is -0.338 e. The lowest BCUT2D eigenvalue weighted by Gasteiger charge is -2.40. The zero-order valence-corrected chi connectivity index (χ0v) is 12.9. The Morgan fingerprint density at radius 1 is 1.05 bits per heavy atom. The number of piperidine rings is 1. The zero-order chi connectivity index (χ0) is 14.8. The number of fused-ring (bicyclic) bond motifs is 1. The van der Waals surface area contributed by atoms with Gasteiger partial charge in [0.2, 0.25) is 11.7 Å². The van der Waals surface area contributed by atoms with Crippen molar-refractivity contribution in [1.82, 2.24) is 15.0 Å². The molecule has 0 unspecified atom stereocenters. The van der Waals surface area contributed by atoms with E-state index in [-0.39, 0.29) is 0 Å². The van der Waals surface area contributed by atoms with E-state index in [1.165, 1.54) is 45.2 Å². The summed E-state index contributed by atoms with van der Waals surface area (Å²) in [5, 5.41) is 4.12. The molecule has 2 heterocycles. The lowest BCUT2D eigenvalue weighted by atomic mass is 9.75. The van der Waals surface area contributed by atoms with Crippen molar-refractivity contribution in [3.05, 3.63) is 36.2 Å². The van der Waals surface area contributed by atoms with E-state index < -0.39 is 0 Å². The lowest BCUT2D eigenvalue weighted by molar-refractivity contribution is 0.0747. The summed E-state index contributed by atoms with van der Waals surface area (Å²) in [6.45, 7) is 3.17. The van der Waals surface area contributed by atoms with Crippen LogP contribution in [0.3, 0.4) is 0 Å². The Kier molecular flexibility index (Phi) is 3.94. The summed E-state index contributed by atoms with van der Waals surface area (Å²) in [5.74, 6) is 3.29. The van der Waals surface area contributed by atoms with Gasteiger partial charge in [-0.3, -0.25) is 4.90 Å². The van der Waals surface area contributed by atoms with Crippen molar-refractivity contribution in [3.8, 4) is 11.4 Å². The highest BCUT2D eigenvalue weighted by atomic mass is 16.5. The number of likely N-dealkylation sites (tertiary alicyclic amines) is 1. The fourth-order valence-corrected chi connectivity index (χ4v) is 4.03. The maximum absolute atomic E-state index is 5.46. The third-order valence-electron chi connectivity index (χ3n) is 5.23. The summed E-state index contributed by atoms with van der Waals surface area (Å²) in [4.78, 5) is 7.05. The van der Waals surface area contributed by atoms with E-state index in [0.29, 0.717) is 5.82 Å². The highest BCUT2D eigenvalue weighted by Crippen LogP contribution is 2.36. The number of aromatic nitrogens is 2. The molecule has 0 amide bonds. The Morgan fingerprint density at radius 2 is 1.86 bits per heavy atom. The normalized spacial score (nSPS) is 25.8. The van der Waals surface area contributed by atoms with Gasteiger partial charge in [-0.15, -0.1) is 0 Å². The van der Waals surface area contributed by atoms with Crippen molar-refractivity contribution in [2.24, 2.45) is 11.8 Å². The Morgan fingerprint density at radius 3 is 2.73 bits per heavy atom. The number of benzene rings is 1. The second kappa shape index (κ2) is 6.21. The van der Waals surface area contributed by atoms with Crippen LogP contribution in [-0.2, 0) is 6.54 Å². The molecule has 2 atom stereocenters. The van der Waals surface area contributed by atoms with Crippen LogP contribution < -0.4 is 0 Å². The van der Waals surface area contributed by atoms with E-state index in [2.05, 4.69) is 15.0 Å². The summed E-state index contributed by atoms with van der Waals surface area (Å²) in [6.07, 6.45) is 7.03. The number of hydrogen-bond acceptors (Lipinski definition) is 4. The average molecular weight is 297 g/mol. The van der Waals surface area contributed by atoms with Crippen LogP contribution in [0.2, 0.25) is 0 Å². The van der Waals surface area contributed by atoms with Crippen molar-refractivity contribution in [2.45, 2.75) is 38.6 Å². The Balaban J connectivity index is 1.40. The largest absolute Gasteiger partial charge is 0.338 e. The molecule has 1 saturated heterocycles.